The Bertz CT molecular complexity index is 455. The van der Waals surface area contributed by atoms with Gasteiger partial charge in [-0.05, 0) is 23.8 Å². The minimum Gasteiger partial charge on any atom is -0.478 e. The summed E-state index contributed by atoms with van der Waals surface area (Å²) in [5.74, 6) is -1.42. The molecule has 84 valence electrons. The van der Waals surface area contributed by atoms with Crippen molar-refractivity contribution in [3.05, 3.63) is 39.9 Å². The van der Waals surface area contributed by atoms with Crippen molar-refractivity contribution < 1.29 is 14.7 Å². The molecule has 1 rings (SSSR count). The number of hydrogen-bond acceptors (Lipinski definition) is 2. The third-order valence-electron chi connectivity index (χ3n) is 1.80. The first kappa shape index (κ1) is 12.4. The summed E-state index contributed by atoms with van der Waals surface area (Å²) in [6.07, 6.45) is 3.38. The van der Waals surface area contributed by atoms with Gasteiger partial charge in [0.15, 0.2) is 0 Å². The number of amides is 1. The van der Waals surface area contributed by atoms with E-state index in [9.17, 15) is 9.59 Å². The number of aromatic carboxylic acids is 1. The van der Waals surface area contributed by atoms with Gasteiger partial charge in [0.25, 0.3) is 0 Å². The highest BCUT2D eigenvalue weighted by molar-refractivity contribution is 9.10. The minimum absolute atomic E-state index is 0.134. The predicted molar refractivity (Wildman–Crippen MR) is 63.9 cm³/mol. The second kappa shape index (κ2) is 5.46. The summed E-state index contributed by atoms with van der Waals surface area (Å²) in [7, 11) is 0. The van der Waals surface area contributed by atoms with E-state index in [4.69, 9.17) is 10.8 Å². The number of carbonyl (C=O) groups excluding carboxylic acids is 1. The lowest BCUT2D eigenvalue weighted by atomic mass is 10.1. The summed E-state index contributed by atoms with van der Waals surface area (Å²) in [4.78, 5) is 21.3. The van der Waals surface area contributed by atoms with Crippen LogP contribution in [0.2, 0.25) is 0 Å². The zero-order valence-electron chi connectivity index (χ0n) is 8.31. The van der Waals surface area contributed by atoms with E-state index in [0.29, 0.717) is 10.0 Å². The molecule has 1 amide bonds. The van der Waals surface area contributed by atoms with Crippen LogP contribution in [0.25, 0.3) is 6.08 Å². The third kappa shape index (κ3) is 3.86. The molecule has 0 radical (unpaired) electrons. The molecule has 0 unspecified atom stereocenters. The molecule has 0 aliphatic carbocycles. The van der Waals surface area contributed by atoms with Crippen LogP contribution in [0.3, 0.4) is 0 Å². The van der Waals surface area contributed by atoms with E-state index in [1.165, 1.54) is 12.1 Å². The number of carboxylic acids is 1. The number of hydrogen-bond donors (Lipinski definition) is 2. The maximum atomic E-state index is 10.8. The van der Waals surface area contributed by atoms with Crippen LogP contribution in [-0.2, 0) is 4.79 Å². The van der Waals surface area contributed by atoms with Crippen molar-refractivity contribution in [2.75, 3.05) is 0 Å². The first-order chi connectivity index (χ1) is 7.49. The maximum Gasteiger partial charge on any atom is 0.335 e. The van der Waals surface area contributed by atoms with E-state index in [1.54, 1.807) is 18.2 Å². The second-order valence-corrected chi connectivity index (χ2v) is 4.07. The van der Waals surface area contributed by atoms with Gasteiger partial charge in [-0.3, -0.25) is 4.79 Å². The van der Waals surface area contributed by atoms with Gasteiger partial charge in [0.05, 0.1) is 5.56 Å². The number of carbonyl (C=O) groups is 2. The smallest absolute Gasteiger partial charge is 0.335 e. The molecule has 4 nitrogen and oxygen atoms in total. The number of nitrogens with two attached hydrogens (primary N) is 1. The summed E-state index contributed by atoms with van der Waals surface area (Å²) in [6, 6.07) is 4.78. The van der Waals surface area contributed by atoms with Gasteiger partial charge in [-0.25, -0.2) is 4.79 Å². The molecule has 0 saturated carbocycles. The summed E-state index contributed by atoms with van der Waals surface area (Å²) in [5, 5.41) is 8.83. The second-order valence-electron chi connectivity index (χ2n) is 3.15. The molecule has 5 heteroatoms. The molecule has 0 aromatic heterocycles. The Morgan fingerprint density at radius 2 is 2.06 bits per heavy atom. The maximum absolute atomic E-state index is 10.8. The molecule has 0 heterocycles. The molecule has 0 fully saturated rings. The van der Waals surface area contributed by atoms with Gasteiger partial charge < -0.3 is 10.8 Å². The van der Waals surface area contributed by atoms with Crippen molar-refractivity contribution in [1.29, 1.82) is 0 Å². The number of primary amides is 1. The number of carboxylic acid groups (broad SMARTS) is 1. The predicted octanol–water partition coefficient (Wildman–Crippen LogP) is 2.04. The molecular formula is C11H10BrNO3. The Labute approximate surface area is 101 Å². The first-order valence-corrected chi connectivity index (χ1v) is 5.27. The number of rotatable bonds is 4. The van der Waals surface area contributed by atoms with Crippen LogP contribution in [0, 0.1) is 0 Å². The average Bonchev–Trinajstić information content (AvgIpc) is 2.16. The topological polar surface area (TPSA) is 80.4 Å². The standard InChI is InChI=1S/C11H10BrNO3/c12-9-5-7(2-1-3-10(13)14)4-8(6-9)11(15)16/h1-2,4-6H,3H2,(H2,13,14)(H,15,16). The zero-order valence-corrected chi connectivity index (χ0v) is 9.90. The minimum atomic E-state index is -0.995. The van der Waals surface area contributed by atoms with Gasteiger partial charge in [-0.2, -0.15) is 0 Å². The van der Waals surface area contributed by atoms with Gasteiger partial charge in [0.1, 0.15) is 0 Å². The Balaban J connectivity index is 2.92. The third-order valence-corrected chi connectivity index (χ3v) is 2.25. The fourth-order valence-electron chi connectivity index (χ4n) is 1.14. The lowest BCUT2D eigenvalue weighted by molar-refractivity contribution is -0.117. The molecule has 0 spiro atoms. The number of halogens is 1. The Hall–Kier alpha value is -1.62. The molecule has 0 saturated heterocycles. The van der Waals surface area contributed by atoms with Crippen molar-refractivity contribution in [2.24, 2.45) is 5.73 Å². The summed E-state index contributed by atoms with van der Waals surface area (Å²) < 4.78 is 0.672. The van der Waals surface area contributed by atoms with Gasteiger partial charge in [-0.1, -0.05) is 28.1 Å². The highest BCUT2D eigenvalue weighted by atomic mass is 79.9. The van der Waals surface area contributed by atoms with Crippen LogP contribution < -0.4 is 5.73 Å². The molecular weight excluding hydrogens is 274 g/mol. The largest absolute Gasteiger partial charge is 0.478 e. The van der Waals surface area contributed by atoms with Crippen molar-refractivity contribution in [3.63, 3.8) is 0 Å². The van der Waals surface area contributed by atoms with E-state index >= 15 is 0 Å². The van der Waals surface area contributed by atoms with Crippen LogP contribution in [0.4, 0.5) is 0 Å². The highest BCUT2D eigenvalue weighted by Gasteiger charge is 2.04. The van der Waals surface area contributed by atoms with Crippen molar-refractivity contribution in [3.8, 4) is 0 Å². The van der Waals surface area contributed by atoms with E-state index in [0.717, 1.165) is 0 Å². The van der Waals surface area contributed by atoms with Crippen molar-refractivity contribution in [1.82, 2.24) is 0 Å². The molecule has 1 aromatic carbocycles. The molecule has 1 aromatic rings. The van der Waals surface area contributed by atoms with Gasteiger partial charge in [0, 0.05) is 10.9 Å². The normalized spacial score (nSPS) is 10.6. The van der Waals surface area contributed by atoms with Crippen LogP contribution in [0.1, 0.15) is 22.3 Å². The summed E-state index contributed by atoms with van der Waals surface area (Å²) in [5.41, 5.74) is 5.86. The SMILES string of the molecule is NC(=O)CC=Cc1cc(Br)cc(C(=O)O)c1. The van der Waals surface area contributed by atoms with Crippen molar-refractivity contribution >= 4 is 33.9 Å². The molecule has 0 aliphatic rings. The lowest BCUT2D eigenvalue weighted by Gasteiger charge is -1.99. The Morgan fingerprint density at radius 3 is 2.62 bits per heavy atom. The quantitative estimate of drug-likeness (QED) is 0.887. The molecule has 16 heavy (non-hydrogen) atoms. The van der Waals surface area contributed by atoms with E-state index in [1.807, 2.05) is 0 Å². The molecule has 3 N–H and O–H groups in total. The molecule has 0 aliphatic heterocycles. The van der Waals surface area contributed by atoms with Gasteiger partial charge >= 0.3 is 5.97 Å². The average molecular weight is 284 g/mol. The summed E-state index contributed by atoms with van der Waals surface area (Å²) >= 11 is 3.21. The first-order valence-electron chi connectivity index (χ1n) is 4.48. The van der Waals surface area contributed by atoms with Crippen LogP contribution in [0.5, 0.6) is 0 Å². The molecule has 0 atom stereocenters. The highest BCUT2D eigenvalue weighted by Crippen LogP contribution is 2.17. The monoisotopic (exact) mass is 283 g/mol. The Morgan fingerprint density at radius 1 is 1.38 bits per heavy atom. The Kier molecular flexibility index (Phi) is 4.25. The fourth-order valence-corrected chi connectivity index (χ4v) is 1.65. The van der Waals surface area contributed by atoms with E-state index in [-0.39, 0.29) is 12.0 Å². The zero-order chi connectivity index (χ0) is 12.1. The van der Waals surface area contributed by atoms with Crippen LogP contribution in [0.15, 0.2) is 28.7 Å². The van der Waals surface area contributed by atoms with Gasteiger partial charge in [0.2, 0.25) is 5.91 Å². The summed E-state index contributed by atoms with van der Waals surface area (Å²) in [6.45, 7) is 0. The molecule has 0 bridgehead atoms. The van der Waals surface area contributed by atoms with Crippen LogP contribution >= 0.6 is 15.9 Å². The lowest BCUT2D eigenvalue weighted by Crippen LogP contribution is -2.07. The van der Waals surface area contributed by atoms with Crippen molar-refractivity contribution in [2.45, 2.75) is 6.42 Å². The van der Waals surface area contributed by atoms with E-state index < -0.39 is 11.9 Å². The van der Waals surface area contributed by atoms with Crippen LogP contribution in [-0.4, -0.2) is 17.0 Å². The number of benzene rings is 1. The van der Waals surface area contributed by atoms with E-state index in [2.05, 4.69) is 15.9 Å². The fraction of sp³-hybridized carbons (Fsp3) is 0.0909. The van der Waals surface area contributed by atoms with Gasteiger partial charge in [-0.15, -0.1) is 0 Å².